The van der Waals surface area contributed by atoms with E-state index in [-0.39, 0.29) is 0 Å². The van der Waals surface area contributed by atoms with E-state index in [1.807, 2.05) is 0 Å². The number of esters is 1. The minimum absolute atomic E-state index is 0.295. The Morgan fingerprint density at radius 1 is 1.47 bits per heavy atom. The van der Waals surface area contributed by atoms with Gasteiger partial charge in [0.2, 0.25) is 10.0 Å². The molecule has 88 valence electrons. The first-order valence-electron chi connectivity index (χ1n) is 4.72. The monoisotopic (exact) mass is 237 g/mol. The molecule has 15 heavy (non-hydrogen) atoms. The number of nitrogens with zero attached hydrogens (tertiary/aromatic N) is 1. The van der Waals surface area contributed by atoms with Crippen LogP contribution in [-0.2, 0) is 24.4 Å². The topological polar surface area (TPSA) is 72.9 Å². The number of rotatable bonds is 3. The van der Waals surface area contributed by atoms with Crippen molar-refractivity contribution in [3.05, 3.63) is 0 Å². The standard InChI is InChI=1S/C8H15NO5S/c1-7(8(10)13-2)15(11,12)9-5-3-4-6-14-9/h7H,3-6H2,1-2H3. The van der Waals surface area contributed by atoms with Crippen molar-refractivity contribution in [1.82, 2.24) is 4.47 Å². The van der Waals surface area contributed by atoms with E-state index in [1.165, 1.54) is 6.92 Å². The maximum Gasteiger partial charge on any atom is 0.325 e. The Morgan fingerprint density at radius 3 is 2.60 bits per heavy atom. The maximum absolute atomic E-state index is 11.8. The van der Waals surface area contributed by atoms with Crippen LogP contribution in [0.25, 0.3) is 0 Å². The van der Waals surface area contributed by atoms with Crippen LogP contribution in [-0.4, -0.2) is 44.4 Å². The molecular formula is C8H15NO5S. The summed E-state index contributed by atoms with van der Waals surface area (Å²) in [5.74, 6) is -0.774. The number of carbonyl (C=O) groups excluding carboxylic acids is 1. The van der Waals surface area contributed by atoms with Gasteiger partial charge in [-0.3, -0.25) is 9.63 Å². The van der Waals surface area contributed by atoms with Gasteiger partial charge in [-0.05, 0) is 19.8 Å². The van der Waals surface area contributed by atoms with Crippen molar-refractivity contribution in [1.29, 1.82) is 0 Å². The van der Waals surface area contributed by atoms with Gasteiger partial charge in [0.25, 0.3) is 0 Å². The van der Waals surface area contributed by atoms with Gasteiger partial charge in [-0.25, -0.2) is 8.42 Å². The smallest absolute Gasteiger partial charge is 0.325 e. The lowest BCUT2D eigenvalue weighted by Crippen LogP contribution is -2.43. The molecule has 0 radical (unpaired) electrons. The molecule has 0 aliphatic carbocycles. The minimum Gasteiger partial charge on any atom is -0.468 e. The molecule has 0 amide bonds. The average Bonchev–Trinajstić information content (AvgIpc) is 2.28. The van der Waals surface area contributed by atoms with Crippen LogP contribution in [0.5, 0.6) is 0 Å². The van der Waals surface area contributed by atoms with Crippen molar-refractivity contribution in [3.8, 4) is 0 Å². The highest BCUT2D eigenvalue weighted by atomic mass is 32.2. The first kappa shape index (κ1) is 12.4. The van der Waals surface area contributed by atoms with E-state index in [0.717, 1.165) is 24.4 Å². The number of hydrogen-bond acceptors (Lipinski definition) is 5. The normalized spacial score (nSPS) is 20.9. The van der Waals surface area contributed by atoms with Crippen molar-refractivity contribution in [2.24, 2.45) is 0 Å². The van der Waals surface area contributed by atoms with Gasteiger partial charge in [-0.1, -0.05) is 4.47 Å². The van der Waals surface area contributed by atoms with E-state index in [1.54, 1.807) is 0 Å². The Labute approximate surface area is 89.2 Å². The Bertz CT molecular complexity index is 320. The number of hydrogen-bond donors (Lipinski definition) is 0. The van der Waals surface area contributed by atoms with Gasteiger partial charge < -0.3 is 4.74 Å². The summed E-state index contributed by atoms with van der Waals surface area (Å²) in [7, 11) is -2.58. The van der Waals surface area contributed by atoms with E-state index in [9.17, 15) is 13.2 Å². The zero-order chi connectivity index (χ0) is 11.5. The van der Waals surface area contributed by atoms with Crippen LogP contribution >= 0.6 is 0 Å². The molecule has 1 aliphatic rings. The molecule has 1 heterocycles. The molecule has 1 aliphatic heterocycles. The zero-order valence-electron chi connectivity index (χ0n) is 8.80. The molecule has 1 saturated heterocycles. The van der Waals surface area contributed by atoms with Crippen LogP contribution in [0.2, 0.25) is 0 Å². The molecule has 1 unspecified atom stereocenters. The summed E-state index contributed by atoms with van der Waals surface area (Å²) >= 11 is 0. The van der Waals surface area contributed by atoms with Gasteiger partial charge in [0.1, 0.15) is 0 Å². The second kappa shape index (κ2) is 4.91. The third-order valence-electron chi connectivity index (χ3n) is 2.23. The number of ether oxygens (including phenoxy) is 1. The number of sulfonamides is 1. The van der Waals surface area contributed by atoms with Crippen molar-refractivity contribution in [3.63, 3.8) is 0 Å². The van der Waals surface area contributed by atoms with E-state index in [0.29, 0.717) is 13.2 Å². The lowest BCUT2D eigenvalue weighted by atomic mass is 10.3. The maximum atomic E-state index is 11.8. The fourth-order valence-electron chi connectivity index (χ4n) is 1.24. The molecule has 1 rings (SSSR count). The first-order chi connectivity index (χ1) is 7.00. The summed E-state index contributed by atoms with van der Waals surface area (Å²) in [6, 6.07) is 0. The van der Waals surface area contributed by atoms with Gasteiger partial charge in [-0.2, -0.15) is 0 Å². The fourth-order valence-corrected chi connectivity index (χ4v) is 2.54. The quantitative estimate of drug-likeness (QED) is 0.641. The molecule has 7 heteroatoms. The summed E-state index contributed by atoms with van der Waals surface area (Å²) in [5.41, 5.74) is 0. The molecule has 1 fully saturated rings. The highest BCUT2D eigenvalue weighted by molar-refractivity contribution is 7.90. The van der Waals surface area contributed by atoms with Gasteiger partial charge in [-0.15, -0.1) is 0 Å². The minimum atomic E-state index is -3.74. The molecule has 0 N–H and O–H groups in total. The molecule has 6 nitrogen and oxygen atoms in total. The molecule has 1 atom stereocenters. The van der Waals surface area contributed by atoms with Crippen molar-refractivity contribution < 1.29 is 22.8 Å². The largest absolute Gasteiger partial charge is 0.468 e. The van der Waals surface area contributed by atoms with Crippen molar-refractivity contribution in [2.45, 2.75) is 25.0 Å². The fraction of sp³-hybridized carbons (Fsp3) is 0.875. The molecular weight excluding hydrogens is 222 g/mol. The van der Waals surface area contributed by atoms with Crippen LogP contribution < -0.4 is 0 Å². The average molecular weight is 237 g/mol. The van der Waals surface area contributed by atoms with Crippen molar-refractivity contribution >= 4 is 16.0 Å². The van der Waals surface area contributed by atoms with Crippen LogP contribution in [0.4, 0.5) is 0 Å². The van der Waals surface area contributed by atoms with E-state index in [4.69, 9.17) is 4.84 Å². The Hall–Kier alpha value is -0.660. The van der Waals surface area contributed by atoms with Crippen LogP contribution in [0.15, 0.2) is 0 Å². The summed E-state index contributed by atoms with van der Waals surface area (Å²) in [6.45, 7) is 1.95. The number of carbonyl (C=O) groups is 1. The summed E-state index contributed by atoms with van der Waals surface area (Å²) < 4.78 is 28.8. The Kier molecular flexibility index (Phi) is 4.06. The Morgan fingerprint density at radius 2 is 2.13 bits per heavy atom. The first-order valence-corrected chi connectivity index (χ1v) is 6.22. The molecule has 0 aromatic heterocycles. The second-order valence-corrected chi connectivity index (χ2v) is 5.42. The van der Waals surface area contributed by atoms with Crippen LogP contribution in [0.3, 0.4) is 0 Å². The van der Waals surface area contributed by atoms with Gasteiger partial charge in [0.15, 0.2) is 5.25 Å². The molecule has 0 aromatic carbocycles. The van der Waals surface area contributed by atoms with Gasteiger partial charge >= 0.3 is 5.97 Å². The van der Waals surface area contributed by atoms with Crippen LogP contribution in [0, 0.1) is 0 Å². The molecule has 0 aromatic rings. The highest BCUT2D eigenvalue weighted by Gasteiger charge is 2.36. The predicted octanol–water partition coefficient (Wildman–Crippen LogP) is -0.0949. The summed E-state index contributed by atoms with van der Waals surface area (Å²) in [4.78, 5) is 16.1. The lowest BCUT2D eigenvalue weighted by Gasteiger charge is -2.26. The summed E-state index contributed by atoms with van der Waals surface area (Å²) in [6.07, 6.45) is 1.58. The molecule has 0 saturated carbocycles. The van der Waals surface area contributed by atoms with E-state index in [2.05, 4.69) is 4.74 Å². The zero-order valence-corrected chi connectivity index (χ0v) is 9.62. The number of methoxy groups -OCH3 is 1. The molecule has 0 spiro atoms. The van der Waals surface area contributed by atoms with Gasteiger partial charge in [0.05, 0.1) is 13.7 Å². The van der Waals surface area contributed by atoms with E-state index >= 15 is 0 Å². The van der Waals surface area contributed by atoms with Crippen LogP contribution in [0.1, 0.15) is 19.8 Å². The summed E-state index contributed by atoms with van der Waals surface area (Å²) in [5, 5.41) is -1.22. The van der Waals surface area contributed by atoms with E-state index < -0.39 is 21.2 Å². The molecule has 0 bridgehead atoms. The highest BCUT2D eigenvalue weighted by Crippen LogP contribution is 2.16. The second-order valence-electron chi connectivity index (χ2n) is 3.28. The van der Waals surface area contributed by atoms with Gasteiger partial charge in [0, 0.05) is 6.54 Å². The number of hydroxylamine groups is 1. The predicted molar refractivity (Wildman–Crippen MR) is 52.3 cm³/mol. The third kappa shape index (κ3) is 2.67. The lowest BCUT2D eigenvalue weighted by molar-refractivity contribution is -0.141. The SMILES string of the molecule is COC(=O)C(C)S(=O)(=O)N1CCCCO1. The Balaban J connectivity index is 2.76. The van der Waals surface area contributed by atoms with Crippen molar-refractivity contribution in [2.75, 3.05) is 20.3 Å². The third-order valence-corrected chi connectivity index (χ3v) is 4.18.